The molecule has 0 aromatic heterocycles. The van der Waals surface area contributed by atoms with Gasteiger partial charge in [-0.3, -0.25) is 4.79 Å². The van der Waals surface area contributed by atoms with Crippen LogP contribution in [-0.2, 0) is 4.79 Å². The highest BCUT2D eigenvalue weighted by atomic mass is 32.2. The zero-order valence-electron chi connectivity index (χ0n) is 11.3. The normalized spacial score (nSPS) is 26.7. The molecule has 1 aromatic carbocycles. The summed E-state index contributed by atoms with van der Waals surface area (Å²) in [7, 11) is 1.97. The van der Waals surface area contributed by atoms with Gasteiger partial charge in [-0.05, 0) is 19.1 Å². The van der Waals surface area contributed by atoms with Crippen molar-refractivity contribution in [1.82, 2.24) is 4.90 Å². The van der Waals surface area contributed by atoms with Crippen molar-refractivity contribution in [3.8, 4) is 0 Å². The van der Waals surface area contributed by atoms with E-state index in [4.69, 9.17) is 5.11 Å². The van der Waals surface area contributed by atoms with Crippen molar-refractivity contribution in [2.24, 2.45) is 10.9 Å². The van der Waals surface area contributed by atoms with Gasteiger partial charge in [-0.1, -0.05) is 36.9 Å². The third-order valence-electron chi connectivity index (χ3n) is 3.49. The molecule has 1 aliphatic heterocycles. The second kappa shape index (κ2) is 5.65. The molecule has 1 saturated heterocycles. The first-order chi connectivity index (χ1) is 9.00. The number of benzene rings is 1. The summed E-state index contributed by atoms with van der Waals surface area (Å²) in [6, 6.07) is 9.89. The molecule has 5 heteroatoms. The van der Waals surface area contributed by atoms with Gasteiger partial charge in [0.25, 0.3) is 0 Å². The number of amidine groups is 1. The molecule has 19 heavy (non-hydrogen) atoms. The van der Waals surface area contributed by atoms with Gasteiger partial charge in [-0.25, -0.2) is 4.99 Å². The number of aliphatic imine (C=N–C) groups is 1. The fraction of sp³-hybridized carbons (Fsp3) is 0.429. The Morgan fingerprint density at radius 3 is 2.63 bits per heavy atom. The monoisotopic (exact) mass is 278 g/mol. The van der Waals surface area contributed by atoms with E-state index < -0.39 is 5.97 Å². The first kappa shape index (κ1) is 13.9. The number of carboxylic acid groups (broad SMARTS) is 1. The second-order valence-electron chi connectivity index (χ2n) is 4.79. The van der Waals surface area contributed by atoms with Gasteiger partial charge in [0.2, 0.25) is 0 Å². The Morgan fingerprint density at radius 1 is 1.42 bits per heavy atom. The average Bonchev–Trinajstić information content (AvgIpc) is 2.67. The van der Waals surface area contributed by atoms with Crippen LogP contribution in [0.4, 0.5) is 5.69 Å². The van der Waals surface area contributed by atoms with Crippen molar-refractivity contribution in [1.29, 1.82) is 0 Å². The van der Waals surface area contributed by atoms with Gasteiger partial charge in [-0.2, -0.15) is 0 Å². The van der Waals surface area contributed by atoms with Crippen LogP contribution in [-0.4, -0.2) is 39.5 Å². The molecule has 4 nitrogen and oxygen atoms in total. The van der Waals surface area contributed by atoms with Crippen LogP contribution in [0.15, 0.2) is 35.3 Å². The van der Waals surface area contributed by atoms with Crippen molar-refractivity contribution < 1.29 is 9.90 Å². The summed E-state index contributed by atoms with van der Waals surface area (Å²) in [5.74, 6) is -1.13. The van der Waals surface area contributed by atoms with Crippen molar-refractivity contribution >= 4 is 28.6 Å². The minimum Gasteiger partial charge on any atom is -0.481 e. The van der Waals surface area contributed by atoms with E-state index in [-0.39, 0.29) is 17.2 Å². The van der Waals surface area contributed by atoms with Gasteiger partial charge < -0.3 is 10.0 Å². The van der Waals surface area contributed by atoms with Crippen LogP contribution in [0.2, 0.25) is 0 Å². The van der Waals surface area contributed by atoms with E-state index in [0.717, 1.165) is 10.9 Å². The highest BCUT2D eigenvalue weighted by molar-refractivity contribution is 8.14. The van der Waals surface area contributed by atoms with Crippen LogP contribution in [0.3, 0.4) is 0 Å². The average molecular weight is 278 g/mol. The van der Waals surface area contributed by atoms with E-state index in [2.05, 4.69) is 9.89 Å². The highest BCUT2D eigenvalue weighted by Crippen LogP contribution is 2.36. The van der Waals surface area contributed by atoms with Crippen LogP contribution in [0.1, 0.15) is 13.8 Å². The molecule has 0 spiro atoms. The molecule has 0 bridgehead atoms. The SMILES string of the molecule is CC(C(=O)O)C1SC(=Nc2ccccc2)N(C)C1C. The van der Waals surface area contributed by atoms with Gasteiger partial charge in [0, 0.05) is 18.3 Å². The summed E-state index contributed by atoms with van der Waals surface area (Å²) in [5.41, 5.74) is 0.896. The molecule has 1 aliphatic rings. The summed E-state index contributed by atoms with van der Waals surface area (Å²) in [4.78, 5) is 17.8. The molecule has 0 aliphatic carbocycles. The van der Waals surface area contributed by atoms with Gasteiger partial charge in [-0.15, -0.1) is 0 Å². The Balaban J connectivity index is 2.21. The van der Waals surface area contributed by atoms with Crippen LogP contribution in [0, 0.1) is 5.92 Å². The predicted molar refractivity (Wildman–Crippen MR) is 78.9 cm³/mol. The predicted octanol–water partition coefficient (Wildman–Crippen LogP) is 2.83. The third kappa shape index (κ3) is 2.92. The molecule has 1 heterocycles. The zero-order chi connectivity index (χ0) is 14.0. The fourth-order valence-electron chi connectivity index (χ4n) is 2.08. The number of aliphatic carboxylic acids is 1. The van der Waals surface area contributed by atoms with E-state index >= 15 is 0 Å². The summed E-state index contributed by atoms with van der Waals surface area (Å²) >= 11 is 1.55. The molecular formula is C14H18N2O2S. The summed E-state index contributed by atoms with van der Waals surface area (Å²) in [5, 5.41) is 10.1. The molecule has 0 amide bonds. The molecule has 2 rings (SSSR count). The number of carboxylic acids is 1. The lowest BCUT2D eigenvalue weighted by Gasteiger charge is -2.22. The first-order valence-electron chi connectivity index (χ1n) is 6.26. The van der Waals surface area contributed by atoms with Crippen LogP contribution >= 0.6 is 11.8 Å². The lowest BCUT2D eigenvalue weighted by Crippen LogP contribution is -2.36. The zero-order valence-corrected chi connectivity index (χ0v) is 12.1. The smallest absolute Gasteiger partial charge is 0.307 e. The third-order valence-corrected chi connectivity index (χ3v) is 5.16. The van der Waals surface area contributed by atoms with E-state index in [1.807, 2.05) is 44.3 Å². The van der Waals surface area contributed by atoms with Crippen molar-refractivity contribution in [2.45, 2.75) is 25.1 Å². The number of hydrogen-bond donors (Lipinski definition) is 1. The van der Waals surface area contributed by atoms with E-state index in [1.165, 1.54) is 0 Å². The summed E-state index contributed by atoms with van der Waals surface area (Å²) < 4.78 is 0. The number of nitrogens with zero attached hydrogens (tertiary/aromatic N) is 2. The molecule has 1 fully saturated rings. The lowest BCUT2D eigenvalue weighted by molar-refractivity contribution is -0.141. The maximum atomic E-state index is 11.1. The molecule has 1 N–H and O–H groups in total. The number of para-hydroxylation sites is 1. The van der Waals surface area contributed by atoms with Crippen molar-refractivity contribution in [3.05, 3.63) is 30.3 Å². The second-order valence-corrected chi connectivity index (χ2v) is 5.94. The number of carbonyl (C=O) groups is 1. The van der Waals surface area contributed by atoms with Gasteiger partial charge in [0.15, 0.2) is 5.17 Å². The molecular weight excluding hydrogens is 260 g/mol. The van der Waals surface area contributed by atoms with Crippen LogP contribution < -0.4 is 0 Å². The fourth-order valence-corrected chi connectivity index (χ4v) is 3.51. The Labute approximate surface area is 117 Å². The van der Waals surface area contributed by atoms with E-state index in [1.54, 1.807) is 18.7 Å². The molecule has 3 atom stereocenters. The maximum Gasteiger partial charge on any atom is 0.307 e. The minimum absolute atomic E-state index is 0.0324. The Morgan fingerprint density at radius 2 is 2.05 bits per heavy atom. The quantitative estimate of drug-likeness (QED) is 0.923. The lowest BCUT2D eigenvalue weighted by atomic mass is 10.0. The Kier molecular flexibility index (Phi) is 4.14. The van der Waals surface area contributed by atoms with Gasteiger partial charge in [0.05, 0.1) is 11.6 Å². The highest BCUT2D eigenvalue weighted by Gasteiger charge is 2.39. The van der Waals surface area contributed by atoms with Gasteiger partial charge in [0.1, 0.15) is 0 Å². The first-order valence-corrected chi connectivity index (χ1v) is 7.14. The Bertz CT molecular complexity index is 489. The van der Waals surface area contributed by atoms with E-state index in [9.17, 15) is 4.79 Å². The molecule has 102 valence electrons. The standard InChI is InChI=1S/C14H18N2O2S/c1-9(13(17)18)12-10(2)16(3)14(19-12)15-11-7-5-4-6-8-11/h4-10,12H,1-3H3,(H,17,18). The number of thioether (sulfide) groups is 1. The van der Waals surface area contributed by atoms with Crippen molar-refractivity contribution in [2.75, 3.05) is 7.05 Å². The van der Waals surface area contributed by atoms with Crippen molar-refractivity contribution in [3.63, 3.8) is 0 Å². The molecule has 0 saturated carbocycles. The molecule has 1 aromatic rings. The maximum absolute atomic E-state index is 11.1. The number of rotatable bonds is 3. The van der Waals surface area contributed by atoms with Gasteiger partial charge >= 0.3 is 5.97 Å². The number of hydrogen-bond acceptors (Lipinski definition) is 3. The topological polar surface area (TPSA) is 52.9 Å². The van der Waals surface area contributed by atoms with Crippen LogP contribution in [0.25, 0.3) is 0 Å². The summed E-state index contributed by atoms with van der Waals surface area (Å²) in [6.45, 7) is 3.81. The largest absolute Gasteiger partial charge is 0.481 e. The molecule has 0 radical (unpaired) electrons. The molecule has 3 unspecified atom stereocenters. The van der Waals surface area contributed by atoms with E-state index in [0.29, 0.717) is 0 Å². The summed E-state index contributed by atoms with van der Waals surface area (Å²) in [6.07, 6.45) is 0. The Hall–Kier alpha value is -1.49. The minimum atomic E-state index is -0.751. The van der Waals surface area contributed by atoms with Crippen LogP contribution in [0.5, 0.6) is 0 Å².